The number of carbonyl (C=O) groups excluding carboxylic acids is 3. The van der Waals surface area contributed by atoms with Crippen molar-refractivity contribution in [3.8, 4) is 11.4 Å². The zero-order chi connectivity index (χ0) is 29.9. The van der Waals surface area contributed by atoms with Gasteiger partial charge in [-0.2, -0.15) is 16.9 Å². The molecule has 3 aromatic rings. The Morgan fingerprint density at radius 3 is 2.62 bits per heavy atom. The number of aryl methyl sites for hydroxylation is 1. The summed E-state index contributed by atoms with van der Waals surface area (Å²) in [6.45, 7) is 5.24. The Morgan fingerprint density at radius 1 is 1.10 bits per heavy atom. The molecule has 1 aromatic carbocycles. The van der Waals surface area contributed by atoms with Crippen LogP contribution in [0, 0.1) is 5.92 Å². The molecule has 0 unspecified atom stereocenters. The van der Waals surface area contributed by atoms with Crippen molar-refractivity contribution in [2.24, 2.45) is 5.92 Å². The van der Waals surface area contributed by atoms with Gasteiger partial charge < -0.3 is 15.5 Å². The molecule has 2 N–H and O–H groups in total. The zero-order valence-corrected chi connectivity index (χ0v) is 25.3. The third kappa shape index (κ3) is 8.60. The van der Waals surface area contributed by atoms with Crippen LogP contribution in [0.25, 0.3) is 11.4 Å². The molecule has 12 heteroatoms. The van der Waals surface area contributed by atoms with E-state index < -0.39 is 12.1 Å². The number of benzene rings is 1. The Balaban J connectivity index is 1.65. The van der Waals surface area contributed by atoms with E-state index in [9.17, 15) is 14.4 Å². The van der Waals surface area contributed by atoms with Gasteiger partial charge in [0.15, 0.2) is 11.6 Å². The second-order valence-corrected chi connectivity index (χ2v) is 11.7. The van der Waals surface area contributed by atoms with Gasteiger partial charge in [-0.3, -0.25) is 24.4 Å². The average molecular weight is 593 g/mol. The standard InChI is InChI=1S/C30H40N8O3S/c1-21(2)27-29-35-28(22-8-5-4-6-9-22)36-38(29)18-17-37(26(40)12-11-23-20-31-14-15-32-23)16-7-10-25(39)33-24(13-19-42-3)30(41)34-27/h4-6,8-9,14-15,20-21,24,27H,7,10-13,16-19H2,1-3H3,(H,33,39)(H,34,41)/t24-,27+/m0/s1. The van der Waals surface area contributed by atoms with Crippen molar-refractivity contribution < 1.29 is 14.4 Å². The summed E-state index contributed by atoms with van der Waals surface area (Å²) >= 11 is 1.63. The minimum Gasteiger partial charge on any atom is -0.344 e. The summed E-state index contributed by atoms with van der Waals surface area (Å²) in [5, 5.41) is 10.9. The van der Waals surface area contributed by atoms with Crippen LogP contribution >= 0.6 is 11.8 Å². The Hall–Kier alpha value is -3.80. The molecule has 4 rings (SSSR count). The molecule has 0 saturated heterocycles. The molecule has 42 heavy (non-hydrogen) atoms. The molecule has 2 aromatic heterocycles. The normalized spacial score (nSPS) is 18.6. The molecule has 3 amide bonds. The summed E-state index contributed by atoms with van der Waals surface area (Å²) in [6.07, 6.45) is 8.84. The predicted molar refractivity (Wildman–Crippen MR) is 162 cm³/mol. The highest BCUT2D eigenvalue weighted by Gasteiger charge is 2.30. The summed E-state index contributed by atoms with van der Waals surface area (Å²) in [7, 11) is 0. The lowest BCUT2D eigenvalue weighted by atomic mass is 10.0. The van der Waals surface area contributed by atoms with Gasteiger partial charge in [0, 0.05) is 50.1 Å². The molecule has 1 aliphatic heterocycles. The number of fused-ring (bicyclic) bond motifs is 1. The fraction of sp³-hybridized carbons (Fsp3) is 0.500. The monoisotopic (exact) mass is 592 g/mol. The van der Waals surface area contributed by atoms with E-state index in [-0.39, 0.29) is 36.5 Å². The third-order valence-electron chi connectivity index (χ3n) is 7.22. The SMILES string of the molecule is CSCC[C@@H]1NC(=O)CCCN(C(=O)CCc2cnccn2)CCn2nc(-c3ccccc3)nc2[C@@H](C(C)C)NC1=O. The Labute approximate surface area is 251 Å². The van der Waals surface area contributed by atoms with Gasteiger partial charge in [0.05, 0.1) is 18.3 Å². The summed E-state index contributed by atoms with van der Waals surface area (Å²) < 4.78 is 1.82. The van der Waals surface area contributed by atoms with E-state index in [0.717, 1.165) is 17.0 Å². The molecule has 0 spiro atoms. The second-order valence-electron chi connectivity index (χ2n) is 10.7. The minimum atomic E-state index is -0.663. The topological polar surface area (TPSA) is 135 Å². The van der Waals surface area contributed by atoms with E-state index in [1.807, 2.05) is 55.1 Å². The van der Waals surface area contributed by atoms with E-state index in [1.54, 1.807) is 35.3 Å². The Morgan fingerprint density at radius 2 is 1.90 bits per heavy atom. The van der Waals surface area contributed by atoms with Gasteiger partial charge in [-0.15, -0.1) is 0 Å². The highest BCUT2D eigenvalue weighted by molar-refractivity contribution is 7.98. The minimum absolute atomic E-state index is 0.00459. The van der Waals surface area contributed by atoms with Gasteiger partial charge in [-0.05, 0) is 37.2 Å². The number of amides is 3. The van der Waals surface area contributed by atoms with Crippen molar-refractivity contribution >= 4 is 29.5 Å². The molecule has 2 atom stereocenters. The molecule has 0 saturated carbocycles. The summed E-state index contributed by atoms with van der Waals surface area (Å²) in [5.41, 5.74) is 1.62. The molecule has 0 radical (unpaired) electrons. The van der Waals surface area contributed by atoms with Gasteiger partial charge in [0.2, 0.25) is 17.7 Å². The summed E-state index contributed by atoms with van der Waals surface area (Å²) in [5.74, 6) is 1.45. The molecule has 0 bridgehead atoms. The zero-order valence-electron chi connectivity index (χ0n) is 24.5. The van der Waals surface area contributed by atoms with Gasteiger partial charge in [-0.1, -0.05) is 44.2 Å². The number of carbonyl (C=O) groups is 3. The van der Waals surface area contributed by atoms with Crippen LogP contribution in [0.2, 0.25) is 0 Å². The maximum atomic E-state index is 13.5. The molecule has 0 aliphatic carbocycles. The van der Waals surface area contributed by atoms with Gasteiger partial charge in [0.25, 0.3) is 0 Å². The van der Waals surface area contributed by atoms with Crippen LogP contribution < -0.4 is 10.6 Å². The first-order valence-corrected chi connectivity index (χ1v) is 15.9. The molecular weight excluding hydrogens is 552 g/mol. The van der Waals surface area contributed by atoms with Crippen LogP contribution in [-0.2, 0) is 27.3 Å². The first-order valence-electron chi connectivity index (χ1n) is 14.5. The molecule has 3 heterocycles. The second kappa shape index (κ2) is 15.4. The fourth-order valence-electron chi connectivity index (χ4n) is 4.87. The van der Waals surface area contributed by atoms with Crippen molar-refractivity contribution in [1.82, 2.24) is 40.3 Å². The Kier molecular flexibility index (Phi) is 11.4. The molecule has 1 aliphatic rings. The molecule has 0 fully saturated rings. The lowest BCUT2D eigenvalue weighted by Gasteiger charge is -2.28. The first kappa shape index (κ1) is 31.1. The lowest BCUT2D eigenvalue weighted by molar-refractivity contribution is -0.132. The lowest BCUT2D eigenvalue weighted by Crippen LogP contribution is -2.49. The highest BCUT2D eigenvalue weighted by atomic mass is 32.2. The third-order valence-corrected chi connectivity index (χ3v) is 7.86. The maximum absolute atomic E-state index is 13.5. The van der Waals surface area contributed by atoms with Crippen molar-refractivity contribution in [2.45, 2.75) is 64.6 Å². The van der Waals surface area contributed by atoms with Crippen LogP contribution in [0.15, 0.2) is 48.9 Å². The molecule has 224 valence electrons. The number of rotatable bonds is 8. The van der Waals surface area contributed by atoms with Crippen LogP contribution in [-0.4, -0.2) is 78.5 Å². The Bertz CT molecular complexity index is 1320. The molecular formula is C30H40N8O3S. The summed E-state index contributed by atoms with van der Waals surface area (Å²) in [6, 6.07) is 8.60. The maximum Gasteiger partial charge on any atom is 0.243 e. The van der Waals surface area contributed by atoms with Gasteiger partial charge in [-0.25, -0.2) is 9.67 Å². The van der Waals surface area contributed by atoms with Crippen molar-refractivity contribution in [2.75, 3.05) is 25.1 Å². The summed E-state index contributed by atoms with van der Waals surface area (Å²) in [4.78, 5) is 54.9. The average Bonchev–Trinajstić information content (AvgIpc) is 3.42. The van der Waals surface area contributed by atoms with Crippen LogP contribution in [0.3, 0.4) is 0 Å². The predicted octanol–water partition coefficient (Wildman–Crippen LogP) is 3.04. The highest BCUT2D eigenvalue weighted by Crippen LogP contribution is 2.25. The van der Waals surface area contributed by atoms with Crippen molar-refractivity contribution in [3.63, 3.8) is 0 Å². The van der Waals surface area contributed by atoms with Crippen LogP contribution in [0.4, 0.5) is 0 Å². The fourth-order valence-corrected chi connectivity index (χ4v) is 5.34. The van der Waals surface area contributed by atoms with E-state index in [0.29, 0.717) is 50.5 Å². The van der Waals surface area contributed by atoms with Gasteiger partial charge in [0.1, 0.15) is 6.04 Å². The number of thioether (sulfide) groups is 1. The largest absolute Gasteiger partial charge is 0.344 e. The van der Waals surface area contributed by atoms with Crippen LogP contribution in [0.5, 0.6) is 0 Å². The number of hydrogen-bond donors (Lipinski definition) is 2. The number of aromatic nitrogens is 5. The van der Waals surface area contributed by atoms with Crippen molar-refractivity contribution in [3.05, 3.63) is 60.4 Å². The van der Waals surface area contributed by atoms with Crippen LogP contribution in [0.1, 0.15) is 57.1 Å². The molecule has 11 nitrogen and oxygen atoms in total. The quantitative estimate of drug-likeness (QED) is 0.408. The smallest absolute Gasteiger partial charge is 0.243 e. The number of nitrogens with zero attached hydrogens (tertiary/aromatic N) is 6. The first-order chi connectivity index (χ1) is 20.4. The van der Waals surface area contributed by atoms with E-state index in [2.05, 4.69) is 20.6 Å². The number of nitrogens with one attached hydrogen (secondary N) is 2. The van der Waals surface area contributed by atoms with Crippen molar-refractivity contribution in [1.29, 1.82) is 0 Å². The van der Waals surface area contributed by atoms with E-state index in [1.165, 1.54) is 0 Å². The van der Waals surface area contributed by atoms with E-state index >= 15 is 0 Å². The number of hydrogen-bond acceptors (Lipinski definition) is 8. The van der Waals surface area contributed by atoms with E-state index in [4.69, 9.17) is 10.1 Å². The van der Waals surface area contributed by atoms with Gasteiger partial charge >= 0.3 is 0 Å².